The van der Waals surface area contributed by atoms with Crippen molar-refractivity contribution < 1.29 is 13.5 Å². The molecule has 0 saturated heterocycles. The summed E-state index contributed by atoms with van der Waals surface area (Å²) in [4.78, 5) is 0. The predicted molar refractivity (Wildman–Crippen MR) is 75.5 cm³/mol. The molecule has 110 valence electrons. The molecule has 1 unspecified atom stereocenters. The zero-order valence-electron chi connectivity index (χ0n) is 11.8. The number of aliphatic hydroxyl groups excluding tert-OH is 1. The second-order valence-electron chi connectivity index (χ2n) is 7.35. The van der Waals surface area contributed by atoms with E-state index in [4.69, 9.17) is 0 Å². The minimum absolute atomic E-state index is 0.220. The first-order valence-electron chi connectivity index (χ1n) is 7.78. The Morgan fingerprint density at radius 2 is 1.58 bits per heavy atom. The topological polar surface area (TPSA) is 54.4 Å². The van der Waals surface area contributed by atoms with E-state index in [2.05, 4.69) is 0 Å². The lowest BCUT2D eigenvalue weighted by atomic mass is 9.50. The molecule has 19 heavy (non-hydrogen) atoms. The summed E-state index contributed by atoms with van der Waals surface area (Å²) in [5.41, 5.74) is 0. The van der Waals surface area contributed by atoms with Gasteiger partial charge in [-0.3, -0.25) is 0 Å². The lowest BCUT2D eigenvalue weighted by Gasteiger charge is -2.55. The van der Waals surface area contributed by atoms with Gasteiger partial charge in [0.05, 0.1) is 6.10 Å². The average Bonchev–Trinajstić information content (AvgIpc) is 2.25. The van der Waals surface area contributed by atoms with Crippen LogP contribution >= 0.6 is 0 Å². The summed E-state index contributed by atoms with van der Waals surface area (Å²) in [7, 11) is -2.88. The molecule has 0 aromatic heterocycles. The minimum atomic E-state index is -2.88. The van der Waals surface area contributed by atoms with E-state index in [1.54, 1.807) is 0 Å². The van der Waals surface area contributed by atoms with Crippen molar-refractivity contribution in [3.8, 4) is 0 Å². The zero-order chi connectivity index (χ0) is 13.6. The molecule has 0 aromatic rings. The molecule has 4 aliphatic rings. The fourth-order valence-electron chi connectivity index (χ4n) is 5.34. The van der Waals surface area contributed by atoms with Gasteiger partial charge in [0.1, 0.15) is 9.84 Å². The van der Waals surface area contributed by atoms with Gasteiger partial charge in [0.15, 0.2) is 0 Å². The summed E-state index contributed by atoms with van der Waals surface area (Å²) in [6.07, 6.45) is 9.01. The average molecular weight is 286 g/mol. The van der Waals surface area contributed by atoms with Gasteiger partial charge in [0.25, 0.3) is 0 Å². The van der Waals surface area contributed by atoms with E-state index in [0.717, 1.165) is 23.7 Å². The second kappa shape index (κ2) is 5.03. The Morgan fingerprint density at radius 3 is 2.05 bits per heavy atom. The van der Waals surface area contributed by atoms with Crippen molar-refractivity contribution in [2.24, 2.45) is 29.6 Å². The summed E-state index contributed by atoms with van der Waals surface area (Å²) in [6.45, 7) is 0. The molecule has 0 heterocycles. The maximum absolute atomic E-state index is 11.2. The number of hydrogen-bond acceptors (Lipinski definition) is 3. The third kappa shape index (κ3) is 2.99. The maximum Gasteiger partial charge on any atom is 0.147 e. The van der Waals surface area contributed by atoms with Crippen LogP contribution in [0.2, 0.25) is 0 Å². The van der Waals surface area contributed by atoms with Crippen LogP contribution in [-0.4, -0.2) is 31.6 Å². The highest BCUT2D eigenvalue weighted by Crippen LogP contribution is 2.57. The summed E-state index contributed by atoms with van der Waals surface area (Å²) < 4.78 is 22.3. The molecule has 4 rings (SSSR count). The fraction of sp³-hybridized carbons (Fsp3) is 1.00. The summed E-state index contributed by atoms with van der Waals surface area (Å²) >= 11 is 0. The Bertz CT molecular complexity index is 401. The monoisotopic (exact) mass is 286 g/mol. The number of hydrogen-bond donors (Lipinski definition) is 1. The molecule has 1 atom stereocenters. The minimum Gasteiger partial charge on any atom is -0.393 e. The first kappa shape index (κ1) is 13.9. The predicted octanol–water partition coefficient (Wildman–Crippen LogP) is 2.24. The summed E-state index contributed by atoms with van der Waals surface area (Å²) in [5.74, 6) is 4.00. The molecule has 3 nitrogen and oxygen atoms in total. The highest BCUT2D eigenvalue weighted by Gasteiger charge is 2.50. The van der Waals surface area contributed by atoms with Gasteiger partial charge >= 0.3 is 0 Å². The third-order valence-electron chi connectivity index (χ3n) is 5.76. The largest absolute Gasteiger partial charge is 0.393 e. The first-order valence-corrected chi connectivity index (χ1v) is 9.84. The van der Waals surface area contributed by atoms with Crippen molar-refractivity contribution in [2.75, 3.05) is 12.0 Å². The van der Waals surface area contributed by atoms with Crippen LogP contribution in [0.4, 0.5) is 0 Å². The SMILES string of the molecule is CS(=O)(=O)CCCC(O)C1C2CC3CC(C2)CC1C3. The molecule has 4 aliphatic carbocycles. The van der Waals surface area contributed by atoms with Crippen molar-refractivity contribution >= 4 is 9.84 Å². The molecule has 4 heteroatoms. The smallest absolute Gasteiger partial charge is 0.147 e. The standard InChI is InChI=1S/C15H26O3S/c1-19(17,18)4-2-3-14(16)15-12-6-10-5-11(8-12)9-13(15)7-10/h10-16H,2-9H2,1H3. The van der Waals surface area contributed by atoms with Crippen LogP contribution < -0.4 is 0 Å². The van der Waals surface area contributed by atoms with E-state index in [-0.39, 0.29) is 11.9 Å². The van der Waals surface area contributed by atoms with Crippen LogP contribution in [0.5, 0.6) is 0 Å². The van der Waals surface area contributed by atoms with Crippen LogP contribution in [0.3, 0.4) is 0 Å². The normalized spacial score (nSPS) is 42.5. The van der Waals surface area contributed by atoms with Gasteiger partial charge in [-0.1, -0.05) is 0 Å². The van der Waals surface area contributed by atoms with E-state index in [0.29, 0.717) is 18.8 Å². The number of sulfone groups is 1. The molecule has 0 radical (unpaired) electrons. The third-order valence-corrected chi connectivity index (χ3v) is 6.79. The molecular formula is C15H26O3S. The Hall–Kier alpha value is -0.0900. The molecule has 0 spiro atoms. The van der Waals surface area contributed by atoms with Crippen LogP contribution in [0.25, 0.3) is 0 Å². The van der Waals surface area contributed by atoms with Gasteiger partial charge in [-0.15, -0.1) is 0 Å². The molecule has 4 saturated carbocycles. The molecule has 1 N–H and O–H groups in total. The fourth-order valence-corrected chi connectivity index (χ4v) is 6.03. The van der Waals surface area contributed by atoms with E-state index in [9.17, 15) is 13.5 Å². The summed E-state index contributed by atoms with van der Waals surface area (Å²) in [6, 6.07) is 0. The molecule has 4 bridgehead atoms. The highest BCUT2D eigenvalue weighted by atomic mass is 32.2. The highest BCUT2D eigenvalue weighted by molar-refractivity contribution is 7.90. The quantitative estimate of drug-likeness (QED) is 0.843. The summed E-state index contributed by atoms with van der Waals surface area (Å²) in [5, 5.41) is 10.5. The molecule has 0 aromatic carbocycles. The first-order chi connectivity index (χ1) is 8.92. The van der Waals surface area contributed by atoms with Crippen molar-refractivity contribution in [3.63, 3.8) is 0 Å². The molecule has 4 fully saturated rings. The van der Waals surface area contributed by atoms with Gasteiger partial charge in [-0.05, 0) is 74.5 Å². The maximum atomic E-state index is 11.2. The van der Waals surface area contributed by atoms with Crippen LogP contribution in [-0.2, 0) is 9.84 Å². The lowest BCUT2D eigenvalue weighted by Crippen LogP contribution is -2.49. The molecule has 0 amide bonds. The Labute approximate surface area is 116 Å². The van der Waals surface area contributed by atoms with E-state index >= 15 is 0 Å². The van der Waals surface area contributed by atoms with Crippen molar-refractivity contribution in [2.45, 2.75) is 51.0 Å². The van der Waals surface area contributed by atoms with E-state index < -0.39 is 9.84 Å². The van der Waals surface area contributed by atoms with Gasteiger partial charge in [-0.2, -0.15) is 0 Å². The van der Waals surface area contributed by atoms with Crippen molar-refractivity contribution in [3.05, 3.63) is 0 Å². The molecular weight excluding hydrogens is 260 g/mol. The van der Waals surface area contributed by atoms with Crippen LogP contribution in [0.15, 0.2) is 0 Å². The van der Waals surface area contributed by atoms with E-state index in [1.165, 1.54) is 38.4 Å². The Kier molecular flexibility index (Phi) is 3.67. The zero-order valence-corrected chi connectivity index (χ0v) is 12.6. The molecule has 0 aliphatic heterocycles. The van der Waals surface area contributed by atoms with Gasteiger partial charge in [-0.25, -0.2) is 8.42 Å². The van der Waals surface area contributed by atoms with Crippen molar-refractivity contribution in [1.29, 1.82) is 0 Å². The van der Waals surface area contributed by atoms with Crippen LogP contribution in [0, 0.1) is 29.6 Å². The number of rotatable bonds is 5. The van der Waals surface area contributed by atoms with Crippen molar-refractivity contribution in [1.82, 2.24) is 0 Å². The number of aliphatic hydroxyl groups is 1. The van der Waals surface area contributed by atoms with Gasteiger partial charge in [0, 0.05) is 12.0 Å². The van der Waals surface area contributed by atoms with Crippen LogP contribution in [0.1, 0.15) is 44.9 Å². The lowest BCUT2D eigenvalue weighted by molar-refractivity contribution is -0.0910. The second-order valence-corrected chi connectivity index (χ2v) is 9.61. The Morgan fingerprint density at radius 1 is 1.05 bits per heavy atom. The van der Waals surface area contributed by atoms with Gasteiger partial charge < -0.3 is 5.11 Å². The van der Waals surface area contributed by atoms with E-state index in [1.807, 2.05) is 0 Å². The Balaban J connectivity index is 1.57. The van der Waals surface area contributed by atoms with Gasteiger partial charge in [0.2, 0.25) is 0 Å².